The smallest absolute Gasteiger partial charge is 0.318 e. The van der Waals surface area contributed by atoms with Gasteiger partial charge in [0.05, 0.1) is 10.3 Å². The third kappa shape index (κ3) is 5.19. The van der Waals surface area contributed by atoms with E-state index >= 15 is 0 Å². The summed E-state index contributed by atoms with van der Waals surface area (Å²) in [6.07, 6.45) is 1.24. The van der Waals surface area contributed by atoms with Gasteiger partial charge in [-0.15, -0.1) is 0 Å². The Morgan fingerprint density at radius 3 is 2.30 bits per heavy atom. The normalized spacial score (nSPS) is 13.1. The number of carbonyl (C=O) groups excluding carboxylic acids is 2. The number of hydrogen-bond acceptors (Lipinski definition) is 6. The van der Waals surface area contributed by atoms with E-state index in [1.165, 1.54) is 32.4 Å². The van der Waals surface area contributed by atoms with Crippen molar-refractivity contribution in [2.24, 2.45) is 11.7 Å². The van der Waals surface area contributed by atoms with Crippen molar-refractivity contribution in [1.29, 1.82) is 0 Å². The maximum absolute atomic E-state index is 12.0. The summed E-state index contributed by atoms with van der Waals surface area (Å²) < 4.78 is 25.0. The first kappa shape index (κ1) is 19.4. The highest BCUT2D eigenvalue weighted by atomic mass is 32.2. The molecule has 23 heavy (non-hydrogen) atoms. The molecule has 3 N–H and O–H groups in total. The van der Waals surface area contributed by atoms with Crippen LogP contribution in [0.2, 0.25) is 0 Å². The molecule has 0 aliphatic carbocycles. The van der Waals surface area contributed by atoms with E-state index in [0.717, 1.165) is 16.1 Å². The Morgan fingerprint density at radius 1 is 1.30 bits per heavy atom. The monoisotopic (exact) mass is 360 g/mol. The molecule has 1 rings (SSSR count). The highest BCUT2D eigenvalue weighted by molar-refractivity contribution is 8.00. The average molecular weight is 360 g/mol. The first-order valence-corrected chi connectivity index (χ1v) is 9.03. The molecule has 0 unspecified atom stereocenters. The van der Waals surface area contributed by atoms with Gasteiger partial charge in [-0.25, -0.2) is 22.5 Å². The van der Waals surface area contributed by atoms with E-state index in [2.05, 4.69) is 4.98 Å². The molecule has 1 aromatic heterocycles. The van der Waals surface area contributed by atoms with Gasteiger partial charge in [0.25, 0.3) is 0 Å². The van der Waals surface area contributed by atoms with Crippen molar-refractivity contribution >= 4 is 33.7 Å². The maximum Gasteiger partial charge on any atom is 0.318 e. The van der Waals surface area contributed by atoms with Crippen LogP contribution in [0.15, 0.2) is 28.3 Å². The molecule has 0 aromatic carbocycles. The molecular formula is C13H20N4O4S2. The second-order valence-corrected chi connectivity index (χ2v) is 8.57. The van der Waals surface area contributed by atoms with Gasteiger partial charge in [0.1, 0.15) is 4.90 Å². The second-order valence-electron chi connectivity index (χ2n) is 5.26. The van der Waals surface area contributed by atoms with Gasteiger partial charge in [-0.05, 0) is 18.1 Å². The van der Waals surface area contributed by atoms with Crippen LogP contribution in [0.25, 0.3) is 0 Å². The molecule has 128 valence electrons. The number of nitrogens with two attached hydrogens (primary N) is 1. The van der Waals surface area contributed by atoms with E-state index in [4.69, 9.17) is 5.73 Å². The minimum Gasteiger partial charge on any atom is -0.351 e. The fraction of sp³-hybridized carbons (Fsp3) is 0.462. The fourth-order valence-corrected chi connectivity index (χ4v) is 3.42. The Labute approximate surface area is 139 Å². The van der Waals surface area contributed by atoms with E-state index in [-0.39, 0.29) is 10.8 Å². The van der Waals surface area contributed by atoms with Gasteiger partial charge in [-0.3, -0.25) is 10.1 Å². The number of thioether (sulfide) groups is 1. The zero-order chi connectivity index (χ0) is 17.8. The van der Waals surface area contributed by atoms with Crippen molar-refractivity contribution in [3.8, 4) is 0 Å². The Hall–Kier alpha value is -1.65. The molecule has 0 saturated heterocycles. The topological polar surface area (TPSA) is 122 Å². The molecule has 0 spiro atoms. The zero-order valence-corrected chi connectivity index (χ0v) is 14.9. The van der Waals surface area contributed by atoms with Crippen molar-refractivity contribution in [3.05, 3.63) is 18.3 Å². The number of aromatic nitrogens is 1. The highest BCUT2D eigenvalue weighted by Gasteiger charge is 2.25. The van der Waals surface area contributed by atoms with E-state index in [1.807, 2.05) is 19.2 Å². The third-order valence-electron chi connectivity index (χ3n) is 2.85. The molecule has 0 radical (unpaired) electrons. The SMILES string of the molecule is CC(C)[C@H](Sc1ccc(S(=O)(=O)N(C)C)cn1)C(=O)NC(N)=O. The molecule has 1 heterocycles. The lowest BCUT2D eigenvalue weighted by molar-refractivity contribution is -0.120. The number of amides is 3. The molecule has 0 aliphatic heterocycles. The lowest BCUT2D eigenvalue weighted by atomic mass is 10.1. The summed E-state index contributed by atoms with van der Waals surface area (Å²) in [5.41, 5.74) is 4.95. The Balaban J connectivity index is 2.95. The van der Waals surface area contributed by atoms with Crippen LogP contribution in [0.4, 0.5) is 4.79 Å². The first-order valence-electron chi connectivity index (χ1n) is 6.71. The van der Waals surface area contributed by atoms with Crippen LogP contribution < -0.4 is 11.1 Å². The predicted octanol–water partition coefficient (Wildman–Crippen LogP) is 0.643. The molecule has 1 aromatic rings. The van der Waals surface area contributed by atoms with Gasteiger partial charge >= 0.3 is 6.03 Å². The summed E-state index contributed by atoms with van der Waals surface area (Å²) in [7, 11) is -0.687. The van der Waals surface area contributed by atoms with Crippen LogP contribution in [0.1, 0.15) is 13.8 Å². The Kier molecular flexibility index (Phi) is 6.54. The largest absolute Gasteiger partial charge is 0.351 e. The standard InChI is InChI=1S/C13H20N4O4S2/c1-8(2)11(12(18)16-13(14)19)22-10-6-5-9(7-15-10)23(20,21)17(3)4/h5-8,11H,1-4H3,(H3,14,16,18,19)/t11-/m0/s1. The van der Waals surface area contributed by atoms with Crippen LogP contribution >= 0.6 is 11.8 Å². The van der Waals surface area contributed by atoms with Crippen LogP contribution in [0, 0.1) is 5.92 Å². The molecule has 0 saturated carbocycles. The first-order chi connectivity index (χ1) is 10.6. The van der Waals surface area contributed by atoms with E-state index in [0.29, 0.717) is 5.03 Å². The lowest BCUT2D eigenvalue weighted by Gasteiger charge is -2.18. The highest BCUT2D eigenvalue weighted by Crippen LogP contribution is 2.27. The number of carbonyl (C=O) groups is 2. The summed E-state index contributed by atoms with van der Waals surface area (Å²) in [4.78, 5) is 26.9. The second kappa shape index (κ2) is 7.75. The van der Waals surface area contributed by atoms with Gasteiger partial charge in [0.2, 0.25) is 15.9 Å². The maximum atomic E-state index is 12.0. The number of rotatable bonds is 6. The van der Waals surface area contributed by atoms with Gasteiger partial charge in [-0.2, -0.15) is 0 Å². The summed E-state index contributed by atoms with van der Waals surface area (Å²) >= 11 is 1.14. The number of sulfonamides is 1. The zero-order valence-electron chi connectivity index (χ0n) is 13.3. The van der Waals surface area contributed by atoms with E-state index in [9.17, 15) is 18.0 Å². The fourth-order valence-electron chi connectivity index (χ4n) is 1.61. The molecule has 0 aliphatic rings. The summed E-state index contributed by atoms with van der Waals surface area (Å²) in [6.45, 7) is 3.65. The predicted molar refractivity (Wildman–Crippen MR) is 87.3 cm³/mol. The van der Waals surface area contributed by atoms with Crippen LogP contribution in [-0.4, -0.2) is 49.0 Å². The van der Waals surface area contributed by atoms with Crippen molar-refractivity contribution in [2.75, 3.05) is 14.1 Å². The minimum absolute atomic E-state index is 0.0644. The number of pyridine rings is 1. The van der Waals surface area contributed by atoms with Crippen molar-refractivity contribution in [3.63, 3.8) is 0 Å². The minimum atomic E-state index is -3.55. The van der Waals surface area contributed by atoms with Crippen molar-refractivity contribution < 1.29 is 18.0 Å². The Morgan fingerprint density at radius 2 is 1.91 bits per heavy atom. The van der Waals surface area contributed by atoms with E-state index in [1.54, 1.807) is 0 Å². The van der Waals surface area contributed by atoms with Crippen LogP contribution in [-0.2, 0) is 14.8 Å². The molecule has 3 amide bonds. The van der Waals surface area contributed by atoms with Crippen molar-refractivity contribution in [2.45, 2.75) is 29.0 Å². The van der Waals surface area contributed by atoms with Crippen molar-refractivity contribution in [1.82, 2.24) is 14.6 Å². The number of primary amides is 1. The molecular weight excluding hydrogens is 340 g/mol. The van der Waals surface area contributed by atoms with Gasteiger partial charge in [-0.1, -0.05) is 25.6 Å². The average Bonchev–Trinajstić information content (AvgIpc) is 2.43. The number of urea groups is 1. The van der Waals surface area contributed by atoms with Crippen LogP contribution in [0.5, 0.6) is 0 Å². The number of nitrogens with one attached hydrogen (secondary N) is 1. The van der Waals surface area contributed by atoms with Gasteiger partial charge < -0.3 is 5.73 Å². The Bertz CT molecular complexity index is 672. The molecule has 0 fully saturated rings. The summed E-state index contributed by atoms with van der Waals surface area (Å²) in [6, 6.07) is 2.03. The van der Waals surface area contributed by atoms with Gasteiger partial charge in [0.15, 0.2) is 0 Å². The number of nitrogens with zero attached hydrogens (tertiary/aromatic N) is 2. The third-order valence-corrected chi connectivity index (χ3v) is 6.14. The van der Waals surface area contributed by atoms with E-state index < -0.39 is 27.2 Å². The lowest BCUT2D eigenvalue weighted by Crippen LogP contribution is -2.42. The van der Waals surface area contributed by atoms with Gasteiger partial charge in [0, 0.05) is 20.3 Å². The summed E-state index contributed by atoms with van der Waals surface area (Å²) in [5.74, 6) is -0.587. The molecule has 0 bridgehead atoms. The quantitative estimate of drug-likeness (QED) is 0.718. The molecule has 8 nitrogen and oxygen atoms in total. The number of hydrogen-bond donors (Lipinski definition) is 2. The summed E-state index contributed by atoms with van der Waals surface area (Å²) in [5, 5.41) is 1.94. The molecule has 10 heteroatoms. The number of imide groups is 1. The van der Waals surface area contributed by atoms with Crippen LogP contribution in [0.3, 0.4) is 0 Å². The molecule has 1 atom stereocenters.